The van der Waals surface area contributed by atoms with Gasteiger partial charge in [-0.05, 0) is 56.9 Å². The second-order valence-corrected chi connectivity index (χ2v) is 10.2. The van der Waals surface area contributed by atoms with Gasteiger partial charge in [0.25, 0.3) is 0 Å². The number of carboxylic acids is 1. The fraction of sp³-hybridized carbons (Fsp3) is 0.444. The van der Waals surface area contributed by atoms with Crippen LogP contribution in [0.5, 0.6) is 0 Å². The third kappa shape index (κ3) is 5.82. The first-order valence-corrected chi connectivity index (χ1v) is 11.6. The molecule has 2 amide bonds. The molecule has 0 saturated heterocycles. The van der Waals surface area contributed by atoms with Gasteiger partial charge >= 0.3 is 12.1 Å². The lowest BCUT2D eigenvalue weighted by Gasteiger charge is -2.35. The molecule has 3 rings (SSSR count). The third-order valence-corrected chi connectivity index (χ3v) is 6.31. The van der Waals surface area contributed by atoms with Crippen LogP contribution in [0.1, 0.15) is 51.7 Å². The van der Waals surface area contributed by atoms with E-state index in [4.69, 9.17) is 9.47 Å². The minimum Gasteiger partial charge on any atom is -0.480 e. The monoisotopic (exact) mass is 482 g/mol. The molecule has 0 aromatic heterocycles. The van der Waals surface area contributed by atoms with E-state index in [0.717, 1.165) is 27.2 Å². The van der Waals surface area contributed by atoms with Crippen LogP contribution in [0.3, 0.4) is 0 Å². The van der Waals surface area contributed by atoms with Crippen LogP contribution in [0.25, 0.3) is 11.1 Å². The van der Waals surface area contributed by atoms with Crippen molar-refractivity contribution in [1.29, 1.82) is 0 Å². The maximum Gasteiger partial charge on any atom is 0.407 e. The Kier molecular flexibility index (Phi) is 7.55. The number of alkyl carbamates (subject to hydrolysis) is 1. The molecule has 35 heavy (non-hydrogen) atoms. The summed E-state index contributed by atoms with van der Waals surface area (Å²) in [5.41, 5.74) is 2.34. The van der Waals surface area contributed by atoms with E-state index in [-0.39, 0.29) is 19.1 Å². The van der Waals surface area contributed by atoms with E-state index in [1.54, 1.807) is 0 Å². The van der Waals surface area contributed by atoms with Crippen LogP contribution < -0.4 is 5.32 Å². The van der Waals surface area contributed by atoms with Crippen LogP contribution in [0.15, 0.2) is 48.5 Å². The van der Waals surface area contributed by atoms with Crippen LogP contribution >= 0.6 is 0 Å². The zero-order valence-electron chi connectivity index (χ0n) is 21.1. The number of nitrogens with one attached hydrogen (secondary N) is 1. The topological polar surface area (TPSA) is 105 Å². The summed E-state index contributed by atoms with van der Waals surface area (Å²) in [6.45, 7) is 8.28. The molecule has 1 aliphatic carbocycles. The number of aliphatic carboxylic acids is 1. The molecule has 0 spiro atoms. The minimum atomic E-state index is -1.47. The van der Waals surface area contributed by atoms with Crippen molar-refractivity contribution in [3.05, 3.63) is 59.7 Å². The Morgan fingerprint density at radius 2 is 1.49 bits per heavy atom. The van der Waals surface area contributed by atoms with E-state index in [0.29, 0.717) is 0 Å². The van der Waals surface area contributed by atoms with Crippen molar-refractivity contribution in [3.63, 3.8) is 0 Å². The molecule has 2 N–H and O–H groups in total. The van der Waals surface area contributed by atoms with Gasteiger partial charge in [-0.15, -0.1) is 0 Å². The average molecular weight is 483 g/mol. The van der Waals surface area contributed by atoms with Crippen LogP contribution in [0.4, 0.5) is 4.79 Å². The lowest BCUT2D eigenvalue weighted by atomic mass is 9.98. The number of amides is 2. The van der Waals surface area contributed by atoms with Crippen molar-refractivity contribution in [2.24, 2.45) is 0 Å². The quantitative estimate of drug-likeness (QED) is 0.589. The Morgan fingerprint density at radius 1 is 0.971 bits per heavy atom. The molecule has 2 aromatic carbocycles. The van der Waals surface area contributed by atoms with Gasteiger partial charge in [-0.1, -0.05) is 48.5 Å². The van der Waals surface area contributed by atoms with E-state index >= 15 is 0 Å². The largest absolute Gasteiger partial charge is 0.480 e. The number of ether oxygens (including phenoxy) is 2. The number of fused-ring (bicyclic) bond motifs is 3. The molecule has 0 saturated carbocycles. The fourth-order valence-corrected chi connectivity index (χ4v) is 3.94. The highest BCUT2D eigenvalue weighted by atomic mass is 16.5. The highest BCUT2D eigenvalue weighted by Gasteiger charge is 2.39. The Bertz CT molecular complexity index is 1060. The molecule has 0 radical (unpaired) electrons. The maximum atomic E-state index is 13.1. The molecule has 188 valence electrons. The van der Waals surface area contributed by atoms with Crippen molar-refractivity contribution >= 4 is 18.0 Å². The normalized spacial score (nSPS) is 14.0. The van der Waals surface area contributed by atoms with Crippen LogP contribution in [-0.4, -0.2) is 65.4 Å². The van der Waals surface area contributed by atoms with Gasteiger partial charge in [0.1, 0.15) is 18.2 Å². The van der Waals surface area contributed by atoms with Gasteiger partial charge in [0, 0.05) is 13.0 Å². The summed E-state index contributed by atoms with van der Waals surface area (Å²) in [6, 6.07) is 14.9. The molecule has 0 unspecified atom stereocenters. The third-order valence-electron chi connectivity index (χ3n) is 6.31. The first-order valence-electron chi connectivity index (χ1n) is 11.6. The Labute approximate surface area is 206 Å². The number of rotatable bonds is 8. The molecule has 0 aliphatic heterocycles. The number of nitrogens with zero attached hydrogens (tertiary/aromatic N) is 1. The molecule has 1 atom stereocenters. The predicted octanol–water partition coefficient (Wildman–Crippen LogP) is 4.03. The second kappa shape index (κ2) is 10.1. The van der Waals surface area contributed by atoms with Gasteiger partial charge in [0.2, 0.25) is 5.91 Å². The summed E-state index contributed by atoms with van der Waals surface area (Å²) in [5, 5.41) is 12.1. The lowest BCUT2D eigenvalue weighted by molar-refractivity contribution is -0.157. The highest BCUT2D eigenvalue weighted by molar-refractivity contribution is 5.91. The summed E-state index contributed by atoms with van der Waals surface area (Å²) in [7, 11) is 1.39. The lowest BCUT2D eigenvalue weighted by Crippen LogP contribution is -2.58. The highest BCUT2D eigenvalue weighted by Crippen LogP contribution is 2.44. The Hall–Kier alpha value is -3.39. The van der Waals surface area contributed by atoms with E-state index in [9.17, 15) is 19.5 Å². The van der Waals surface area contributed by atoms with Crippen molar-refractivity contribution < 1.29 is 29.0 Å². The SMILES string of the molecule is CN(C(=O)[C@H](COC(C)(C)C)NC(=O)OCC1c2ccccc2-c2ccccc21)C(C)(C)C(=O)O. The first-order chi connectivity index (χ1) is 16.3. The number of hydrogen-bond acceptors (Lipinski definition) is 5. The molecule has 0 bridgehead atoms. The van der Waals surface area contributed by atoms with Crippen LogP contribution in [0.2, 0.25) is 0 Å². The molecule has 2 aromatic rings. The van der Waals surface area contributed by atoms with E-state index < -0.39 is 35.2 Å². The van der Waals surface area contributed by atoms with Gasteiger partial charge in [-0.25, -0.2) is 9.59 Å². The molecule has 8 nitrogen and oxygen atoms in total. The molecule has 8 heteroatoms. The zero-order chi connectivity index (χ0) is 26.0. The van der Waals surface area contributed by atoms with Crippen molar-refractivity contribution in [3.8, 4) is 11.1 Å². The van der Waals surface area contributed by atoms with Crippen molar-refractivity contribution in [1.82, 2.24) is 10.2 Å². The number of carboxylic acid groups (broad SMARTS) is 1. The van der Waals surface area contributed by atoms with Crippen LogP contribution in [0, 0.1) is 0 Å². The van der Waals surface area contributed by atoms with Gasteiger partial charge in [0.15, 0.2) is 0 Å². The average Bonchev–Trinajstić information content (AvgIpc) is 3.12. The van der Waals surface area contributed by atoms with Gasteiger partial charge < -0.3 is 24.8 Å². The van der Waals surface area contributed by atoms with Crippen LogP contribution in [-0.2, 0) is 19.1 Å². The summed E-state index contributed by atoms with van der Waals surface area (Å²) in [5.74, 6) is -1.87. The Balaban J connectivity index is 1.73. The maximum absolute atomic E-state index is 13.1. The fourth-order valence-electron chi connectivity index (χ4n) is 3.94. The first kappa shape index (κ1) is 26.2. The number of carbonyl (C=O) groups excluding carboxylic acids is 2. The number of benzene rings is 2. The van der Waals surface area contributed by atoms with Gasteiger partial charge in [-0.3, -0.25) is 4.79 Å². The van der Waals surface area contributed by atoms with Crippen molar-refractivity contribution in [2.45, 2.75) is 57.7 Å². The molecular formula is C27H34N2O6. The molecule has 0 heterocycles. The molecule has 1 aliphatic rings. The standard InChI is InChI=1S/C27H34N2O6/c1-26(2,3)35-16-22(23(30)29(6)27(4,5)24(31)32)28-25(33)34-15-21-19-13-9-7-11-17(19)18-12-8-10-14-20(18)21/h7-14,21-22H,15-16H2,1-6H3,(H,28,33)(H,31,32)/t22-/m0/s1. The number of carbonyl (C=O) groups is 3. The molecule has 0 fully saturated rings. The smallest absolute Gasteiger partial charge is 0.407 e. The second-order valence-electron chi connectivity index (χ2n) is 10.2. The van der Waals surface area contributed by atoms with Gasteiger partial charge in [-0.2, -0.15) is 0 Å². The summed E-state index contributed by atoms with van der Waals surface area (Å²) in [6.07, 6.45) is -0.774. The summed E-state index contributed by atoms with van der Waals surface area (Å²) >= 11 is 0. The number of likely N-dealkylation sites (N-methyl/N-ethyl adjacent to an activating group) is 1. The van der Waals surface area contributed by atoms with E-state index in [2.05, 4.69) is 5.32 Å². The summed E-state index contributed by atoms with van der Waals surface area (Å²) < 4.78 is 11.3. The van der Waals surface area contributed by atoms with E-state index in [1.807, 2.05) is 69.3 Å². The number of hydrogen-bond donors (Lipinski definition) is 2. The Morgan fingerprint density at radius 3 is 1.97 bits per heavy atom. The summed E-state index contributed by atoms with van der Waals surface area (Å²) in [4.78, 5) is 38.7. The zero-order valence-corrected chi connectivity index (χ0v) is 21.1. The predicted molar refractivity (Wildman–Crippen MR) is 132 cm³/mol. The van der Waals surface area contributed by atoms with Crippen molar-refractivity contribution in [2.75, 3.05) is 20.3 Å². The van der Waals surface area contributed by atoms with Gasteiger partial charge in [0.05, 0.1) is 12.2 Å². The minimum absolute atomic E-state index is 0.0946. The molecular weight excluding hydrogens is 448 g/mol. The van der Waals surface area contributed by atoms with E-state index in [1.165, 1.54) is 20.9 Å².